The number of nitrogens with zero attached hydrogens (tertiary/aromatic N) is 3. The third kappa shape index (κ3) is 4.26. The first-order chi connectivity index (χ1) is 10.2. The molecule has 21 heavy (non-hydrogen) atoms. The zero-order valence-electron chi connectivity index (χ0n) is 13.1. The van der Waals surface area contributed by atoms with E-state index >= 15 is 0 Å². The number of aryl methyl sites for hydroxylation is 1. The lowest BCUT2D eigenvalue weighted by Gasteiger charge is -2.21. The van der Waals surface area contributed by atoms with Crippen LogP contribution in [0, 0.1) is 6.92 Å². The number of benzene rings is 1. The predicted molar refractivity (Wildman–Crippen MR) is 87.9 cm³/mol. The highest BCUT2D eigenvalue weighted by Crippen LogP contribution is 2.21. The molecule has 0 saturated carbocycles. The monoisotopic (exact) mass is 284 g/mol. The van der Waals surface area contributed by atoms with Gasteiger partial charge in [-0.1, -0.05) is 24.6 Å². The molecule has 0 aliphatic rings. The topological polar surface area (TPSA) is 41.1 Å². The number of anilines is 2. The molecule has 0 atom stereocenters. The SMILES string of the molecule is CCCNCc1cnc(N(CC)c2ccc(C)cc2)nc1. The van der Waals surface area contributed by atoms with Crippen molar-refractivity contribution >= 4 is 11.6 Å². The van der Waals surface area contributed by atoms with Gasteiger partial charge in [-0.2, -0.15) is 0 Å². The second kappa shape index (κ2) is 7.74. The second-order valence-electron chi connectivity index (χ2n) is 5.15. The zero-order chi connectivity index (χ0) is 15.1. The third-order valence-corrected chi connectivity index (χ3v) is 3.35. The fraction of sp³-hybridized carbons (Fsp3) is 0.412. The Balaban J connectivity index is 2.09. The summed E-state index contributed by atoms with van der Waals surface area (Å²) in [4.78, 5) is 11.1. The van der Waals surface area contributed by atoms with Crippen molar-refractivity contribution in [2.75, 3.05) is 18.0 Å². The average molecular weight is 284 g/mol. The van der Waals surface area contributed by atoms with Gasteiger partial charge in [0, 0.05) is 36.7 Å². The molecular weight excluding hydrogens is 260 g/mol. The van der Waals surface area contributed by atoms with E-state index in [2.05, 4.69) is 65.2 Å². The highest BCUT2D eigenvalue weighted by molar-refractivity contribution is 5.57. The maximum atomic E-state index is 4.50. The Labute approximate surface area is 127 Å². The number of hydrogen-bond acceptors (Lipinski definition) is 4. The van der Waals surface area contributed by atoms with Gasteiger partial charge in [0.2, 0.25) is 5.95 Å². The predicted octanol–water partition coefficient (Wildman–Crippen LogP) is 3.44. The van der Waals surface area contributed by atoms with Crippen molar-refractivity contribution in [3.05, 3.63) is 47.8 Å². The highest BCUT2D eigenvalue weighted by atomic mass is 15.2. The van der Waals surface area contributed by atoms with E-state index in [0.29, 0.717) is 0 Å². The summed E-state index contributed by atoms with van der Waals surface area (Å²) in [6.07, 6.45) is 4.94. The molecule has 0 fully saturated rings. The van der Waals surface area contributed by atoms with Crippen molar-refractivity contribution < 1.29 is 0 Å². The molecular formula is C17H24N4. The number of hydrogen-bond donors (Lipinski definition) is 1. The fourth-order valence-corrected chi connectivity index (χ4v) is 2.15. The molecule has 4 heteroatoms. The van der Waals surface area contributed by atoms with E-state index in [1.54, 1.807) is 0 Å². The molecule has 0 bridgehead atoms. The van der Waals surface area contributed by atoms with E-state index in [1.165, 1.54) is 5.56 Å². The molecule has 0 radical (unpaired) electrons. The van der Waals surface area contributed by atoms with Gasteiger partial charge in [-0.3, -0.25) is 0 Å². The Morgan fingerprint density at radius 3 is 2.29 bits per heavy atom. The zero-order valence-corrected chi connectivity index (χ0v) is 13.1. The van der Waals surface area contributed by atoms with Crippen LogP contribution in [-0.4, -0.2) is 23.1 Å². The van der Waals surface area contributed by atoms with Gasteiger partial charge in [0.05, 0.1) is 0 Å². The summed E-state index contributed by atoms with van der Waals surface area (Å²) < 4.78 is 0. The van der Waals surface area contributed by atoms with E-state index in [4.69, 9.17) is 0 Å². The highest BCUT2D eigenvalue weighted by Gasteiger charge is 2.09. The largest absolute Gasteiger partial charge is 0.313 e. The first kappa shape index (κ1) is 15.4. The summed E-state index contributed by atoms with van der Waals surface area (Å²) in [6, 6.07) is 8.44. The normalized spacial score (nSPS) is 10.6. The van der Waals surface area contributed by atoms with Gasteiger partial charge in [-0.25, -0.2) is 9.97 Å². The summed E-state index contributed by atoms with van der Waals surface area (Å²) in [7, 11) is 0. The summed E-state index contributed by atoms with van der Waals surface area (Å²) in [5.41, 5.74) is 3.50. The van der Waals surface area contributed by atoms with Gasteiger partial charge in [-0.05, 0) is 38.9 Å². The minimum atomic E-state index is 0.751. The molecule has 1 N–H and O–H groups in total. The molecule has 4 nitrogen and oxygen atoms in total. The van der Waals surface area contributed by atoms with E-state index < -0.39 is 0 Å². The summed E-state index contributed by atoms with van der Waals surface area (Å²) in [5.74, 6) is 0.751. The molecule has 0 spiro atoms. The maximum absolute atomic E-state index is 4.50. The second-order valence-corrected chi connectivity index (χ2v) is 5.15. The molecule has 0 amide bonds. The lowest BCUT2D eigenvalue weighted by Crippen LogP contribution is -2.19. The number of rotatable bonds is 7. The van der Waals surface area contributed by atoms with Crippen LogP contribution >= 0.6 is 0 Å². The summed E-state index contributed by atoms with van der Waals surface area (Å²) in [5, 5.41) is 3.36. The van der Waals surface area contributed by atoms with Gasteiger partial charge >= 0.3 is 0 Å². The van der Waals surface area contributed by atoms with Crippen LogP contribution in [0.2, 0.25) is 0 Å². The summed E-state index contributed by atoms with van der Waals surface area (Å²) in [6.45, 7) is 9.05. The van der Waals surface area contributed by atoms with Gasteiger partial charge < -0.3 is 10.2 Å². The van der Waals surface area contributed by atoms with E-state index in [-0.39, 0.29) is 0 Å². The molecule has 112 valence electrons. The Kier molecular flexibility index (Phi) is 5.69. The van der Waals surface area contributed by atoms with Crippen molar-refractivity contribution in [1.82, 2.24) is 15.3 Å². The van der Waals surface area contributed by atoms with Crippen molar-refractivity contribution in [3.8, 4) is 0 Å². The minimum Gasteiger partial charge on any atom is -0.313 e. The Morgan fingerprint density at radius 1 is 1.05 bits per heavy atom. The van der Waals surface area contributed by atoms with Crippen LogP contribution in [0.1, 0.15) is 31.4 Å². The lowest BCUT2D eigenvalue weighted by molar-refractivity contribution is 0.671. The molecule has 2 rings (SSSR count). The molecule has 0 unspecified atom stereocenters. The van der Waals surface area contributed by atoms with E-state index in [1.807, 2.05) is 12.4 Å². The molecule has 0 aliphatic carbocycles. The Hall–Kier alpha value is -1.94. The Bertz CT molecular complexity index is 534. The van der Waals surface area contributed by atoms with Crippen molar-refractivity contribution in [3.63, 3.8) is 0 Å². The number of aromatic nitrogens is 2. The standard InChI is InChI=1S/C17H24N4/c1-4-10-18-11-15-12-19-17(20-13-15)21(5-2)16-8-6-14(3)7-9-16/h6-9,12-13,18H,4-5,10-11H2,1-3H3. The smallest absolute Gasteiger partial charge is 0.229 e. The first-order valence-corrected chi connectivity index (χ1v) is 7.60. The van der Waals surface area contributed by atoms with Crippen LogP contribution in [0.25, 0.3) is 0 Å². The fourth-order valence-electron chi connectivity index (χ4n) is 2.15. The molecule has 0 saturated heterocycles. The Morgan fingerprint density at radius 2 is 1.71 bits per heavy atom. The lowest BCUT2D eigenvalue weighted by atomic mass is 10.2. The van der Waals surface area contributed by atoms with Crippen molar-refractivity contribution in [2.45, 2.75) is 33.7 Å². The quantitative estimate of drug-likeness (QED) is 0.791. The van der Waals surface area contributed by atoms with Crippen LogP contribution in [0.5, 0.6) is 0 Å². The van der Waals surface area contributed by atoms with E-state index in [0.717, 1.165) is 43.3 Å². The number of nitrogens with one attached hydrogen (secondary N) is 1. The van der Waals surface area contributed by atoms with Crippen molar-refractivity contribution in [2.24, 2.45) is 0 Å². The van der Waals surface area contributed by atoms with Crippen LogP contribution in [0.4, 0.5) is 11.6 Å². The van der Waals surface area contributed by atoms with E-state index in [9.17, 15) is 0 Å². The molecule has 0 aliphatic heterocycles. The molecule has 1 heterocycles. The van der Waals surface area contributed by atoms with Crippen LogP contribution in [0.15, 0.2) is 36.7 Å². The van der Waals surface area contributed by atoms with Crippen LogP contribution in [0.3, 0.4) is 0 Å². The van der Waals surface area contributed by atoms with Gasteiger partial charge in [-0.15, -0.1) is 0 Å². The molecule has 2 aromatic rings. The first-order valence-electron chi connectivity index (χ1n) is 7.60. The van der Waals surface area contributed by atoms with Gasteiger partial charge in [0.25, 0.3) is 0 Å². The van der Waals surface area contributed by atoms with Gasteiger partial charge in [0.15, 0.2) is 0 Å². The van der Waals surface area contributed by atoms with Gasteiger partial charge in [0.1, 0.15) is 0 Å². The molecule has 1 aromatic carbocycles. The molecule has 1 aromatic heterocycles. The van der Waals surface area contributed by atoms with Crippen LogP contribution in [-0.2, 0) is 6.54 Å². The average Bonchev–Trinajstić information content (AvgIpc) is 2.52. The maximum Gasteiger partial charge on any atom is 0.229 e. The third-order valence-electron chi connectivity index (χ3n) is 3.35. The minimum absolute atomic E-state index is 0.751. The van der Waals surface area contributed by atoms with Crippen LogP contribution < -0.4 is 10.2 Å². The van der Waals surface area contributed by atoms with Crippen molar-refractivity contribution in [1.29, 1.82) is 0 Å². The summed E-state index contributed by atoms with van der Waals surface area (Å²) >= 11 is 0.